The van der Waals surface area contributed by atoms with Crippen LogP contribution in [0.4, 0.5) is 5.69 Å². The van der Waals surface area contributed by atoms with Gasteiger partial charge in [-0.15, -0.1) is 0 Å². The van der Waals surface area contributed by atoms with Crippen LogP contribution in [0.1, 0.15) is 18.4 Å². The summed E-state index contributed by atoms with van der Waals surface area (Å²) in [4.78, 5) is 22.1. The second-order valence-corrected chi connectivity index (χ2v) is 5.12. The fourth-order valence-electron chi connectivity index (χ4n) is 2.33. The summed E-state index contributed by atoms with van der Waals surface area (Å²) in [5.41, 5.74) is 6.79. The Morgan fingerprint density at radius 2 is 2.00 bits per heavy atom. The molecule has 0 radical (unpaired) electrons. The molecule has 1 amide bonds. The molecule has 0 saturated carbocycles. The lowest BCUT2D eigenvalue weighted by atomic mass is 9.92. The molecule has 7 heteroatoms. The highest BCUT2D eigenvalue weighted by molar-refractivity contribution is 5.81. The normalized spacial score (nSPS) is 17.2. The monoisotopic (exact) mass is 293 g/mol. The molecule has 0 aromatic heterocycles. The first-order valence-electron chi connectivity index (χ1n) is 6.92. The number of rotatable bonds is 5. The molecule has 2 rings (SSSR count). The number of nitro groups is 1. The maximum atomic E-state index is 12.0. The van der Waals surface area contributed by atoms with Crippen molar-refractivity contribution in [2.75, 3.05) is 13.2 Å². The van der Waals surface area contributed by atoms with E-state index in [0.717, 1.165) is 18.4 Å². The number of amides is 1. The number of carbonyl (C=O) groups excluding carboxylic acids is 1. The van der Waals surface area contributed by atoms with Gasteiger partial charge in [0.05, 0.1) is 11.0 Å². The number of hydrogen-bond donors (Lipinski definition) is 2. The summed E-state index contributed by atoms with van der Waals surface area (Å²) in [7, 11) is 0. The number of nitro benzene ring substituents is 1. The van der Waals surface area contributed by atoms with Crippen molar-refractivity contribution < 1.29 is 14.5 Å². The smallest absolute Gasteiger partial charge is 0.269 e. The standard InChI is InChI=1S/C14H19N3O4/c15-13(11-5-7-21-8-6-11)14(18)16-9-10-1-3-12(4-2-10)17(19)20/h1-4,11,13H,5-9,15H2,(H,16,18). The number of nitrogens with zero attached hydrogens (tertiary/aromatic N) is 1. The van der Waals surface area contributed by atoms with Crippen LogP contribution >= 0.6 is 0 Å². The lowest BCUT2D eigenvalue weighted by Crippen LogP contribution is -2.46. The number of hydrogen-bond acceptors (Lipinski definition) is 5. The van der Waals surface area contributed by atoms with Crippen LogP contribution in [-0.4, -0.2) is 30.1 Å². The Balaban J connectivity index is 1.83. The van der Waals surface area contributed by atoms with Crippen molar-refractivity contribution in [3.05, 3.63) is 39.9 Å². The zero-order valence-corrected chi connectivity index (χ0v) is 11.7. The number of ether oxygens (including phenoxy) is 1. The van der Waals surface area contributed by atoms with Gasteiger partial charge in [-0.3, -0.25) is 14.9 Å². The van der Waals surface area contributed by atoms with E-state index in [1.807, 2.05) is 0 Å². The molecule has 1 aliphatic rings. The first-order chi connectivity index (χ1) is 10.1. The van der Waals surface area contributed by atoms with Gasteiger partial charge in [-0.2, -0.15) is 0 Å². The lowest BCUT2D eigenvalue weighted by molar-refractivity contribution is -0.384. The van der Waals surface area contributed by atoms with Gasteiger partial charge < -0.3 is 15.8 Å². The Bertz CT molecular complexity index is 497. The predicted molar refractivity (Wildman–Crippen MR) is 76.5 cm³/mol. The van der Waals surface area contributed by atoms with E-state index < -0.39 is 11.0 Å². The molecular formula is C14H19N3O4. The summed E-state index contributed by atoms with van der Waals surface area (Å²) in [6.45, 7) is 1.61. The van der Waals surface area contributed by atoms with Crippen molar-refractivity contribution in [2.24, 2.45) is 11.7 Å². The van der Waals surface area contributed by atoms with Crippen molar-refractivity contribution >= 4 is 11.6 Å². The summed E-state index contributed by atoms with van der Waals surface area (Å²) in [5, 5.41) is 13.3. The summed E-state index contributed by atoms with van der Waals surface area (Å²) >= 11 is 0. The zero-order chi connectivity index (χ0) is 15.2. The van der Waals surface area contributed by atoms with Gasteiger partial charge in [-0.1, -0.05) is 12.1 Å². The molecule has 0 bridgehead atoms. The summed E-state index contributed by atoms with van der Waals surface area (Å²) < 4.78 is 5.25. The number of benzene rings is 1. The molecule has 1 atom stereocenters. The van der Waals surface area contributed by atoms with Crippen molar-refractivity contribution in [1.29, 1.82) is 0 Å². The van der Waals surface area contributed by atoms with Crippen LogP contribution in [0.25, 0.3) is 0 Å². The molecule has 7 nitrogen and oxygen atoms in total. The molecule has 1 fully saturated rings. The van der Waals surface area contributed by atoms with E-state index in [2.05, 4.69) is 5.32 Å². The molecular weight excluding hydrogens is 274 g/mol. The molecule has 114 valence electrons. The van der Waals surface area contributed by atoms with E-state index in [9.17, 15) is 14.9 Å². The first-order valence-corrected chi connectivity index (χ1v) is 6.92. The van der Waals surface area contributed by atoms with Gasteiger partial charge in [0.1, 0.15) is 0 Å². The minimum atomic E-state index is -0.535. The van der Waals surface area contributed by atoms with E-state index >= 15 is 0 Å². The molecule has 0 spiro atoms. The Kier molecular flexibility index (Phi) is 5.24. The van der Waals surface area contributed by atoms with Crippen LogP contribution in [-0.2, 0) is 16.1 Å². The molecule has 1 aromatic rings. The second-order valence-electron chi connectivity index (χ2n) is 5.12. The van der Waals surface area contributed by atoms with Crippen LogP contribution in [0.3, 0.4) is 0 Å². The van der Waals surface area contributed by atoms with Crippen LogP contribution in [0.15, 0.2) is 24.3 Å². The van der Waals surface area contributed by atoms with E-state index in [-0.39, 0.29) is 17.5 Å². The fraction of sp³-hybridized carbons (Fsp3) is 0.500. The predicted octanol–water partition coefficient (Wildman–Crippen LogP) is 0.965. The van der Waals surface area contributed by atoms with Gasteiger partial charge >= 0.3 is 0 Å². The molecule has 1 saturated heterocycles. The van der Waals surface area contributed by atoms with Gasteiger partial charge in [-0.05, 0) is 24.3 Å². The molecule has 1 unspecified atom stereocenters. The number of non-ortho nitro benzene ring substituents is 1. The van der Waals surface area contributed by atoms with E-state index in [4.69, 9.17) is 10.5 Å². The molecule has 3 N–H and O–H groups in total. The Labute approximate surface area is 122 Å². The molecule has 21 heavy (non-hydrogen) atoms. The maximum Gasteiger partial charge on any atom is 0.269 e. The van der Waals surface area contributed by atoms with Crippen LogP contribution < -0.4 is 11.1 Å². The third kappa shape index (κ3) is 4.24. The fourth-order valence-corrected chi connectivity index (χ4v) is 2.33. The Morgan fingerprint density at radius 3 is 2.57 bits per heavy atom. The third-order valence-electron chi connectivity index (χ3n) is 3.69. The average molecular weight is 293 g/mol. The van der Waals surface area contributed by atoms with E-state index in [0.29, 0.717) is 19.8 Å². The molecule has 1 heterocycles. The van der Waals surface area contributed by atoms with Crippen LogP contribution in [0.2, 0.25) is 0 Å². The second kappa shape index (κ2) is 7.14. The van der Waals surface area contributed by atoms with Gasteiger partial charge in [0.2, 0.25) is 5.91 Å². The Hall–Kier alpha value is -1.99. The third-order valence-corrected chi connectivity index (χ3v) is 3.69. The largest absolute Gasteiger partial charge is 0.381 e. The van der Waals surface area contributed by atoms with Gasteiger partial charge in [0, 0.05) is 31.9 Å². The van der Waals surface area contributed by atoms with Crippen molar-refractivity contribution in [1.82, 2.24) is 5.32 Å². The highest BCUT2D eigenvalue weighted by atomic mass is 16.6. The highest BCUT2D eigenvalue weighted by Gasteiger charge is 2.26. The van der Waals surface area contributed by atoms with Gasteiger partial charge in [0.15, 0.2) is 0 Å². The van der Waals surface area contributed by atoms with Gasteiger partial charge in [0.25, 0.3) is 5.69 Å². The van der Waals surface area contributed by atoms with Crippen molar-refractivity contribution in [2.45, 2.75) is 25.4 Å². The average Bonchev–Trinajstić information content (AvgIpc) is 2.53. The number of nitrogens with one attached hydrogen (secondary N) is 1. The summed E-state index contributed by atoms with van der Waals surface area (Å²) in [5.74, 6) is -0.0455. The first kappa shape index (κ1) is 15.4. The highest BCUT2D eigenvalue weighted by Crippen LogP contribution is 2.18. The maximum absolute atomic E-state index is 12.0. The minimum absolute atomic E-state index is 0.0315. The quantitative estimate of drug-likeness (QED) is 0.621. The molecule has 1 aliphatic heterocycles. The summed E-state index contributed by atoms with van der Waals surface area (Å²) in [6, 6.07) is 5.54. The molecule has 1 aromatic carbocycles. The minimum Gasteiger partial charge on any atom is -0.381 e. The zero-order valence-electron chi connectivity index (χ0n) is 11.7. The van der Waals surface area contributed by atoms with Crippen LogP contribution in [0.5, 0.6) is 0 Å². The van der Waals surface area contributed by atoms with Gasteiger partial charge in [-0.25, -0.2) is 0 Å². The van der Waals surface area contributed by atoms with Crippen molar-refractivity contribution in [3.8, 4) is 0 Å². The van der Waals surface area contributed by atoms with Crippen LogP contribution in [0, 0.1) is 16.0 Å². The lowest BCUT2D eigenvalue weighted by Gasteiger charge is -2.26. The SMILES string of the molecule is NC(C(=O)NCc1ccc([N+](=O)[O-])cc1)C1CCOCC1. The number of nitrogens with two attached hydrogens (primary N) is 1. The number of carbonyl (C=O) groups is 1. The summed E-state index contributed by atoms with van der Waals surface area (Å²) in [6.07, 6.45) is 1.60. The Morgan fingerprint density at radius 1 is 1.38 bits per heavy atom. The molecule has 0 aliphatic carbocycles. The van der Waals surface area contributed by atoms with E-state index in [1.165, 1.54) is 12.1 Å². The topological polar surface area (TPSA) is 107 Å². The van der Waals surface area contributed by atoms with E-state index in [1.54, 1.807) is 12.1 Å². The van der Waals surface area contributed by atoms with Crippen molar-refractivity contribution in [3.63, 3.8) is 0 Å².